The second-order valence-corrected chi connectivity index (χ2v) is 6.54. The number of hydrogen-bond donors (Lipinski definition) is 1. The molecule has 0 bridgehead atoms. The van der Waals surface area contributed by atoms with Gasteiger partial charge in [-0.05, 0) is 34.1 Å². The molecule has 18 heavy (non-hydrogen) atoms. The Morgan fingerprint density at radius 1 is 1.33 bits per heavy atom. The molecule has 1 heterocycles. The highest BCUT2D eigenvalue weighted by Gasteiger charge is 2.05. The van der Waals surface area contributed by atoms with Crippen LogP contribution >= 0.6 is 50.5 Å². The van der Waals surface area contributed by atoms with E-state index in [1.165, 1.54) is 0 Å². The van der Waals surface area contributed by atoms with Crippen molar-refractivity contribution in [1.29, 1.82) is 0 Å². The lowest BCUT2D eigenvalue weighted by atomic mass is 10.3. The van der Waals surface area contributed by atoms with Crippen molar-refractivity contribution in [2.45, 2.75) is 6.54 Å². The molecule has 0 unspecified atom stereocenters. The number of methoxy groups -OCH3 is 1. The van der Waals surface area contributed by atoms with E-state index in [2.05, 4.69) is 21.2 Å². The van der Waals surface area contributed by atoms with Crippen LogP contribution in [-0.4, -0.2) is 7.11 Å². The van der Waals surface area contributed by atoms with Crippen LogP contribution in [0.4, 0.5) is 5.69 Å². The van der Waals surface area contributed by atoms with Crippen LogP contribution in [0.1, 0.15) is 4.88 Å². The molecule has 96 valence electrons. The maximum absolute atomic E-state index is 5.99. The molecule has 0 spiro atoms. The molecule has 0 aliphatic rings. The van der Waals surface area contributed by atoms with Gasteiger partial charge in [-0.2, -0.15) is 0 Å². The predicted molar refractivity (Wildman–Crippen MR) is 82.4 cm³/mol. The Balaban J connectivity index is 2.06. The number of halogens is 3. The van der Waals surface area contributed by atoms with Gasteiger partial charge in [0.2, 0.25) is 0 Å². The van der Waals surface area contributed by atoms with Gasteiger partial charge in [0.05, 0.1) is 12.1 Å². The Morgan fingerprint density at radius 2 is 2.11 bits per heavy atom. The molecule has 0 atom stereocenters. The van der Waals surface area contributed by atoms with Crippen LogP contribution in [-0.2, 0) is 6.54 Å². The fourth-order valence-electron chi connectivity index (χ4n) is 1.44. The molecule has 1 aromatic heterocycles. The molecule has 0 radical (unpaired) electrons. The number of ether oxygens (including phenoxy) is 1. The Labute approximate surface area is 128 Å². The molecular weight excluding hydrogens is 357 g/mol. The molecule has 6 heteroatoms. The minimum atomic E-state index is 0.602. The van der Waals surface area contributed by atoms with Crippen LogP contribution in [0.2, 0.25) is 9.36 Å². The van der Waals surface area contributed by atoms with Gasteiger partial charge in [-0.1, -0.05) is 23.2 Å². The fraction of sp³-hybridized carbons (Fsp3) is 0.167. The highest BCUT2D eigenvalue weighted by atomic mass is 79.9. The molecule has 0 saturated carbocycles. The number of anilines is 1. The lowest BCUT2D eigenvalue weighted by Gasteiger charge is -2.08. The van der Waals surface area contributed by atoms with Crippen LogP contribution < -0.4 is 10.1 Å². The third-order valence-corrected chi connectivity index (χ3v) is 5.10. The summed E-state index contributed by atoms with van der Waals surface area (Å²) in [4.78, 5) is 1.15. The maximum atomic E-state index is 5.99. The van der Waals surface area contributed by atoms with Crippen molar-refractivity contribution in [2.75, 3.05) is 12.4 Å². The van der Waals surface area contributed by atoms with Gasteiger partial charge in [0.15, 0.2) is 0 Å². The zero-order valence-electron chi connectivity index (χ0n) is 9.47. The summed E-state index contributed by atoms with van der Waals surface area (Å²) in [6.45, 7) is 0.709. The van der Waals surface area contributed by atoms with Gasteiger partial charge in [-0.25, -0.2) is 0 Å². The lowest BCUT2D eigenvalue weighted by molar-refractivity contribution is 0.415. The first-order chi connectivity index (χ1) is 8.60. The van der Waals surface area contributed by atoms with Gasteiger partial charge in [-0.3, -0.25) is 0 Å². The smallest absolute Gasteiger partial charge is 0.139 e. The number of nitrogens with one attached hydrogen (secondary N) is 1. The van der Waals surface area contributed by atoms with E-state index in [1.807, 2.05) is 18.2 Å². The second-order valence-electron chi connectivity index (χ2n) is 3.54. The number of hydrogen-bond acceptors (Lipinski definition) is 3. The lowest BCUT2D eigenvalue weighted by Crippen LogP contribution is -1.97. The molecule has 0 amide bonds. The van der Waals surface area contributed by atoms with E-state index < -0.39 is 0 Å². The normalized spacial score (nSPS) is 10.4. The monoisotopic (exact) mass is 365 g/mol. The van der Waals surface area contributed by atoms with Gasteiger partial charge in [0.25, 0.3) is 0 Å². The molecule has 0 fully saturated rings. The summed E-state index contributed by atoms with van der Waals surface area (Å²) in [6.07, 6.45) is 0. The van der Waals surface area contributed by atoms with E-state index in [1.54, 1.807) is 24.5 Å². The Kier molecular flexibility index (Phi) is 4.78. The van der Waals surface area contributed by atoms with Crippen molar-refractivity contribution >= 4 is 56.2 Å². The number of benzene rings is 1. The van der Waals surface area contributed by atoms with E-state index in [0.717, 1.165) is 19.4 Å². The average Bonchev–Trinajstić information content (AvgIpc) is 2.68. The van der Waals surface area contributed by atoms with E-state index in [9.17, 15) is 0 Å². The van der Waals surface area contributed by atoms with Gasteiger partial charge >= 0.3 is 0 Å². The minimum absolute atomic E-state index is 0.602. The van der Waals surface area contributed by atoms with E-state index >= 15 is 0 Å². The summed E-state index contributed by atoms with van der Waals surface area (Å²) in [5.41, 5.74) is 0.955. The van der Waals surface area contributed by atoms with Crippen LogP contribution in [0.5, 0.6) is 5.75 Å². The molecule has 1 aromatic carbocycles. The van der Waals surface area contributed by atoms with Crippen LogP contribution in [0.15, 0.2) is 28.7 Å². The average molecular weight is 367 g/mol. The molecule has 2 aromatic rings. The highest BCUT2D eigenvalue weighted by Crippen LogP contribution is 2.33. The second kappa shape index (κ2) is 6.15. The standard InChI is InChI=1S/C12H10BrCl2NOS/c1-17-11-4-7(2-3-10(11)14)16-6-8-5-9(13)12(15)18-8/h2-5,16H,6H2,1H3. The number of thiophene rings is 1. The van der Waals surface area contributed by atoms with Crippen molar-refractivity contribution in [3.8, 4) is 5.75 Å². The van der Waals surface area contributed by atoms with Crippen LogP contribution in [0.3, 0.4) is 0 Å². The molecule has 0 saturated heterocycles. The molecule has 0 aliphatic carbocycles. The highest BCUT2D eigenvalue weighted by molar-refractivity contribution is 9.10. The molecule has 1 N–H and O–H groups in total. The fourth-order valence-corrected chi connectivity index (χ4v) is 3.36. The molecule has 2 nitrogen and oxygen atoms in total. The first-order valence-electron chi connectivity index (χ1n) is 5.11. The van der Waals surface area contributed by atoms with Crippen LogP contribution in [0.25, 0.3) is 0 Å². The first kappa shape index (κ1) is 14.0. The summed E-state index contributed by atoms with van der Waals surface area (Å²) < 4.78 is 6.86. The Hall–Kier alpha value is -0.420. The summed E-state index contributed by atoms with van der Waals surface area (Å²) in [6, 6.07) is 7.59. The van der Waals surface area contributed by atoms with E-state index in [0.29, 0.717) is 17.3 Å². The molecule has 2 rings (SSSR count). The van der Waals surface area contributed by atoms with Crippen molar-refractivity contribution in [1.82, 2.24) is 0 Å². The quantitative estimate of drug-likeness (QED) is 0.777. The zero-order chi connectivity index (χ0) is 13.1. The Bertz CT molecular complexity index is 540. The molecular formula is C12H10BrCl2NOS. The SMILES string of the molecule is COc1cc(NCc2cc(Br)c(Cl)s2)ccc1Cl. The van der Waals surface area contributed by atoms with Crippen molar-refractivity contribution in [2.24, 2.45) is 0 Å². The third-order valence-electron chi connectivity index (χ3n) is 2.31. The summed E-state index contributed by atoms with van der Waals surface area (Å²) in [7, 11) is 1.60. The van der Waals surface area contributed by atoms with Crippen LogP contribution in [0, 0.1) is 0 Å². The van der Waals surface area contributed by atoms with Gasteiger partial charge in [-0.15, -0.1) is 11.3 Å². The van der Waals surface area contributed by atoms with Gasteiger partial charge < -0.3 is 10.1 Å². The largest absolute Gasteiger partial charge is 0.495 e. The summed E-state index contributed by atoms with van der Waals surface area (Å²) in [5, 5.41) is 3.90. The van der Waals surface area contributed by atoms with Gasteiger partial charge in [0.1, 0.15) is 10.1 Å². The van der Waals surface area contributed by atoms with Crippen molar-refractivity contribution < 1.29 is 4.74 Å². The number of rotatable bonds is 4. The van der Waals surface area contributed by atoms with E-state index in [-0.39, 0.29) is 0 Å². The summed E-state index contributed by atoms with van der Waals surface area (Å²) >= 11 is 16.9. The summed E-state index contributed by atoms with van der Waals surface area (Å²) in [5.74, 6) is 0.659. The maximum Gasteiger partial charge on any atom is 0.139 e. The van der Waals surface area contributed by atoms with Gasteiger partial charge in [0, 0.05) is 27.6 Å². The van der Waals surface area contributed by atoms with Crippen molar-refractivity contribution in [3.05, 3.63) is 43.0 Å². The third kappa shape index (κ3) is 3.32. The molecule has 0 aliphatic heterocycles. The topological polar surface area (TPSA) is 21.3 Å². The van der Waals surface area contributed by atoms with Crippen molar-refractivity contribution in [3.63, 3.8) is 0 Å². The minimum Gasteiger partial charge on any atom is -0.495 e. The Morgan fingerprint density at radius 3 is 2.72 bits per heavy atom. The van der Waals surface area contributed by atoms with E-state index in [4.69, 9.17) is 27.9 Å². The zero-order valence-corrected chi connectivity index (χ0v) is 13.4. The predicted octanol–water partition coefficient (Wildman–Crippen LogP) is 5.44. The first-order valence-corrected chi connectivity index (χ1v) is 7.48.